The van der Waals surface area contributed by atoms with Crippen LogP contribution in [0.4, 0.5) is 0 Å². The van der Waals surface area contributed by atoms with Crippen LogP contribution in [0, 0.1) is 0 Å². The van der Waals surface area contributed by atoms with E-state index in [9.17, 15) is 0 Å². The molecule has 0 bridgehead atoms. The molecule has 2 nitrogen and oxygen atoms in total. The van der Waals surface area contributed by atoms with Crippen LogP contribution >= 0.6 is 12.2 Å². The van der Waals surface area contributed by atoms with E-state index in [1.807, 2.05) is 0 Å². The Morgan fingerprint density at radius 2 is 0.846 bits per heavy atom. The first-order chi connectivity index (χ1) is 12.7. The Kier molecular flexibility index (Phi) is 24.5. The summed E-state index contributed by atoms with van der Waals surface area (Å²) in [7, 11) is 0. The minimum absolute atomic E-state index is 1.33. The molecule has 0 saturated carbocycles. The van der Waals surface area contributed by atoms with Gasteiger partial charge in [-0.1, -0.05) is 90.3 Å². The van der Waals surface area contributed by atoms with E-state index in [1.54, 1.807) is 0 Å². The van der Waals surface area contributed by atoms with Crippen LogP contribution in [-0.4, -0.2) is 35.8 Å². The molecule has 26 heavy (non-hydrogen) atoms. The maximum atomic E-state index is 7.13. The molecule has 0 aromatic carbocycles. The normalized spacial score (nSPS) is 10.9. The summed E-state index contributed by atoms with van der Waals surface area (Å²) in [6.07, 6.45) is 20.2. The van der Waals surface area contributed by atoms with Gasteiger partial charge >= 0.3 is 0 Å². The maximum Gasteiger partial charge on any atom is 0.0786 e. The third kappa shape index (κ3) is 18.5. The van der Waals surface area contributed by atoms with Crippen molar-refractivity contribution in [2.24, 2.45) is 0 Å². The molecule has 0 aliphatic carbocycles. The Balaban J connectivity index is 0. The second kappa shape index (κ2) is 22.8. The molecule has 0 fully saturated rings. The molecular formula is C23H48N2S. The minimum atomic E-state index is 1.33. The van der Waals surface area contributed by atoms with Gasteiger partial charge in [0.25, 0.3) is 0 Å². The summed E-state index contributed by atoms with van der Waals surface area (Å²) in [5.74, 6) is 0. The molecule has 0 aliphatic heterocycles. The van der Waals surface area contributed by atoms with Gasteiger partial charge in [0.05, 0.1) is 26.2 Å². The van der Waals surface area contributed by atoms with Crippen molar-refractivity contribution in [3.05, 3.63) is 5.41 Å². The zero-order valence-electron chi connectivity index (χ0n) is 18.5. The van der Waals surface area contributed by atoms with E-state index in [0.29, 0.717) is 0 Å². The molecule has 0 aliphatic rings. The number of nitrogens with zero attached hydrogens (tertiary/aromatic N) is 2. The van der Waals surface area contributed by atoms with Crippen molar-refractivity contribution < 1.29 is 4.48 Å². The molecule has 0 unspecified atom stereocenters. The van der Waals surface area contributed by atoms with Crippen molar-refractivity contribution in [1.29, 1.82) is 0 Å². The van der Waals surface area contributed by atoms with Crippen molar-refractivity contribution in [2.45, 2.75) is 118 Å². The van der Waals surface area contributed by atoms with Crippen LogP contribution in [0.1, 0.15) is 118 Å². The van der Waals surface area contributed by atoms with Crippen LogP contribution in [0.5, 0.6) is 0 Å². The molecule has 0 aromatic rings. The molecule has 0 radical (unpaired) electrons. The molecule has 0 N–H and O–H groups in total. The summed E-state index contributed by atoms with van der Waals surface area (Å²) in [5, 5.41) is 8.47. The number of hydrogen-bond donors (Lipinski definition) is 0. The summed E-state index contributed by atoms with van der Waals surface area (Å²) in [4.78, 5) is 0. The number of quaternary nitrogens is 1. The second-order valence-electron chi connectivity index (χ2n) is 7.76. The standard InChI is InChI=1S/C22H48N.CNS/c1-5-9-11-13-15-17-19-21-23(7-3,8-4)22-20-18-16-14-12-10-6-2;2-1-3/h5-22H2,1-4H3;/q+1;-1. The lowest BCUT2D eigenvalue weighted by Gasteiger charge is -2.37. The molecule has 156 valence electrons. The highest BCUT2D eigenvalue weighted by Gasteiger charge is 2.21. The fourth-order valence-electron chi connectivity index (χ4n) is 3.78. The Hall–Kier alpha value is -0.240. The van der Waals surface area contributed by atoms with Crippen molar-refractivity contribution in [1.82, 2.24) is 0 Å². The third-order valence-corrected chi connectivity index (χ3v) is 5.81. The first-order valence-electron chi connectivity index (χ1n) is 11.5. The summed E-state index contributed by atoms with van der Waals surface area (Å²) in [5.41, 5.74) is 0. The van der Waals surface area contributed by atoms with E-state index in [-0.39, 0.29) is 0 Å². The van der Waals surface area contributed by atoms with Crippen LogP contribution < -0.4 is 0 Å². The van der Waals surface area contributed by atoms with Gasteiger partial charge in [-0.05, 0) is 39.5 Å². The Labute approximate surface area is 171 Å². The van der Waals surface area contributed by atoms with Gasteiger partial charge in [0.15, 0.2) is 0 Å². The predicted octanol–water partition coefficient (Wildman–Crippen LogP) is 8.00. The van der Waals surface area contributed by atoms with Crippen LogP contribution in [0.25, 0.3) is 5.41 Å². The quantitative estimate of drug-likeness (QED) is 0.101. The van der Waals surface area contributed by atoms with E-state index in [0.717, 1.165) is 0 Å². The Morgan fingerprint density at radius 1 is 0.577 bits per heavy atom. The van der Waals surface area contributed by atoms with Crippen molar-refractivity contribution in [3.8, 4) is 0 Å². The minimum Gasteiger partial charge on any atom is -0.753 e. The fraction of sp³-hybridized carbons (Fsp3) is 0.957. The number of isothiocyanates is 1. The maximum absolute atomic E-state index is 7.13. The number of unbranched alkanes of at least 4 members (excludes halogenated alkanes) is 12. The largest absolute Gasteiger partial charge is 0.753 e. The van der Waals surface area contributed by atoms with Crippen LogP contribution in [0.15, 0.2) is 0 Å². The summed E-state index contributed by atoms with van der Waals surface area (Å²) in [6.45, 7) is 15.0. The van der Waals surface area contributed by atoms with E-state index in [1.165, 1.54) is 126 Å². The van der Waals surface area contributed by atoms with Gasteiger partial charge in [-0.15, -0.1) is 0 Å². The molecule has 0 spiro atoms. The average Bonchev–Trinajstić information content (AvgIpc) is 2.66. The van der Waals surface area contributed by atoms with Crippen molar-refractivity contribution in [2.75, 3.05) is 26.2 Å². The summed E-state index contributed by atoms with van der Waals surface area (Å²) in [6, 6.07) is 0. The van der Waals surface area contributed by atoms with E-state index in [4.69, 9.17) is 5.41 Å². The molecule has 0 aromatic heterocycles. The number of thiocarbonyl (C=S) groups is 1. The van der Waals surface area contributed by atoms with Crippen LogP contribution in [0.3, 0.4) is 0 Å². The SMILES string of the molecule is CCCCCCCCC[N+](CC)(CC)CCCCCCCCC.[N-]=C=S. The van der Waals surface area contributed by atoms with Crippen LogP contribution in [0.2, 0.25) is 0 Å². The van der Waals surface area contributed by atoms with Gasteiger partial charge in [0.2, 0.25) is 0 Å². The zero-order valence-corrected chi connectivity index (χ0v) is 19.3. The molecule has 0 heterocycles. The van der Waals surface area contributed by atoms with Gasteiger partial charge < -0.3 is 9.89 Å². The second-order valence-corrected chi connectivity index (χ2v) is 7.94. The highest BCUT2D eigenvalue weighted by Crippen LogP contribution is 2.15. The predicted molar refractivity (Wildman–Crippen MR) is 123 cm³/mol. The highest BCUT2D eigenvalue weighted by atomic mass is 32.1. The highest BCUT2D eigenvalue weighted by molar-refractivity contribution is 7.78. The summed E-state index contributed by atoms with van der Waals surface area (Å²) < 4.78 is 1.38. The molecule has 0 atom stereocenters. The van der Waals surface area contributed by atoms with Gasteiger partial charge in [-0.25, -0.2) is 0 Å². The zero-order chi connectivity index (χ0) is 19.9. The Morgan fingerprint density at radius 3 is 1.12 bits per heavy atom. The topological polar surface area (TPSA) is 22.3 Å². The fourth-order valence-corrected chi connectivity index (χ4v) is 3.78. The van der Waals surface area contributed by atoms with Gasteiger partial charge in [0.1, 0.15) is 0 Å². The van der Waals surface area contributed by atoms with Gasteiger partial charge in [-0.3, -0.25) is 0 Å². The average molecular weight is 385 g/mol. The van der Waals surface area contributed by atoms with Crippen molar-refractivity contribution >= 4 is 17.4 Å². The monoisotopic (exact) mass is 384 g/mol. The molecule has 0 amide bonds. The molecular weight excluding hydrogens is 336 g/mol. The summed E-state index contributed by atoms with van der Waals surface area (Å²) >= 11 is 3.70. The first-order valence-corrected chi connectivity index (χ1v) is 11.9. The first kappa shape index (κ1) is 28.0. The lowest BCUT2D eigenvalue weighted by atomic mass is 10.1. The smallest absolute Gasteiger partial charge is 0.0786 e. The number of rotatable bonds is 18. The molecule has 0 rings (SSSR count). The van der Waals surface area contributed by atoms with Crippen molar-refractivity contribution in [3.63, 3.8) is 0 Å². The molecule has 0 saturated heterocycles. The van der Waals surface area contributed by atoms with Crippen LogP contribution in [-0.2, 0) is 0 Å². The van der Waals surface area contributed by atoms with E-state index < -0.39 is 0 Å². The van der Waals surface area contributed by atoms with Gasteiger partial charge in [0, 0.05) is 0 Å². The lowest BCUT2D eigenvalue weighted by molar-refractivity contribution is -0.925. The third-order valence-electron chi connectivity index (χ3n) is 5.81. The van der Waals surface area contributed by atoms with E-state index in [2.05, 4.69) is 39.9 Å². The van der Waals surface area contributed by atoms with Gasteiger partial charge in [-0.2, -0.15) is 5.16 Å². The molecule has 3 heteroatoms. The number of hydrogen-bond acceptors (Lipinski definition) is 1. The Bertz CT molecular complexity index is 275. The van der Waals surface area contributed by atoms with E-state index >= 15 is 0 Å². The lowest BCUT2D eigenvalue weighted by Crippen LogP contribution is -2.49.